The number of halogens is 5. The maximum absolute atomic E-state index is 14.2. The second kappa shape index (κ2) is 10.2. The van der Waals surface area contributed by atoms with E-state index in [0.29, 0.717) is 16.6 Å². The molecule has 2 aromatic rings. The first-order chi connectivity index (χ1) is 16.2. The monoisotopic (exact) mass is 526 g/mol. The maximum Gasteiger partial charge on any atom is 0.256 e. The van der Waals surface area contributed by atoms with Crippen LogP contribution in [0, 0.1) is 17.6 Å². The molecule has 1 N–H and O–H groups in total. The number of carbonyl (C=O) groups is 1. The molecule has 2 aromatic carbocycles. The minimum absolute atomic E-state index is 0.0715. The summed E-state index contributed by atoms with van der Waals surface area (Å²) >= 11 is 18.9. The molecular formula is C25H23Cl3F2N2O2. The van der Waals surface area contributed by atoms with E-state index < -0.39 is 23.6 Å². The zero-order valence-electron chi connectivity index (χ0n) is 18.3. The van der Waals surface area contributed by atoms with Crippen molar-refractivity contribution < 1.29 is 18.7 Å². The number of piperazine rings is 1. The van der Waals surface area contributed by atoms with Gasteiger partial charge in [0.25, 0.3) is 5.91 Å². The smallest absolute Gasteiger partial charge is 0.256 e. The third-order valence-corrected chi connectivity index (χ3v) is 7.32. The predicted molar refractivity (Wildman–Crippen MR) is 132 cm³/mol. The molecule has 1 aliphatic carbocycles. The number of anilines is 1. The zero-order valence-corrected chi connectivity index (χ0v) is 20.5. The van der Waals surface area contributed by atoms with Gasteiger partial charge in [-0.15, -0.1) is 11.6 Å². The van der Waals surface area contributed by atoms with Crippen molar-refractivity contribution in [2.75, 3.05) is 24.5 Å². The van der Waals surface area contributed by atoms with Gasteiger partial charge in [-0.3, -0.25) is 4.79 Å². The number of allylic oxidation sites excluding steroid dienone is 2. The molecule has 1 saturated heterocycles. The van der Waals surface area contributed by atoms with Crippen LogP contribution in [-0.2, 0) is 4.79 Å². The van der Waals surface area contributed by atoms with Crippen molar-refractivity contribution >= 4 is 46.4 Å². The van der Waals surface area contributed by atoms with E-state index in [1.807, 2.05) is 25.1 Å². The molecule has 34 heavy (non-hydrogen) atoms. The van der Waals surface area contributed by atoms with Gasteiger partial charge in [0, 0.05) is 30.2 Å². The maximum atomic E-state index is 14.2. The molecule has 3 unspecified atom stereocenters. The lowest BCUT2D eigenvalue weighted by atomic mass is 9.91. The van der Waals surface area contributed by atoms with Crippen LogP contribution in [0.2, 0.25) is 10.0 Å². The summed E-state index contributed by atoms with van der Waals surface area (Å²) in [4.78, 5) is 16.7. The first-order valence-electron chi connectivity index (χ1n) is 10.8. The Morgan fingerprint density at radius 2 is 1.94 bits per heavy atom. The Morgan fingerprint density at radius 3 is 2.65 bits per heavy atom. The average molecular weight is 528 g/mol. The van der Waals surface area contributed by atoms with Gasteiger partial charge in [-0.05, 0) is 35.8 Å². The number of hydrogen-bond acceptors (Lipinski definition) is 3. The van der Waals surface area contributed by atoms with E-state index in [4.69, 9.17) is 34.8 Å². The second-order valence-electron chi connectivity index (χ2n) is 8.46. The second-order valence-corrected chi connectivity index (χ2v) is 9.81. The van der Waals surface area contributed by atoms with Gasteiger partial charge in [-0.1, -0.05) is 60.5 Å². The fourth-order valence-corrected chi connectivity index (χ4v) is 5.02. The van der Waals surface area contributed by atoms with Crippen LogP contribution in [-0.4, -0.2) is 47.0 Å². The Balaban J connectivity index is 1.65. The van der Waals surface area contributed by atoms with Crippen LogP contribution in [0.15, 0.2) is 60.2 Å². The highest BCUT2D eigenvalue weighted by Crippen LogP contribution is 2.35. The fourth-order valence-electron chi connectivity index (χ4n) is 4.36. The number of rotatable bonds is 4. The molecule has 1 amide bonds. The fraction of sp³-hybridized carbons (Fsp3) is 0.320. The van der Waals surface area contributed by atoms with Crippen LogP contribution in [0.5, 0.6) is 0 Å². The first kappa shape index (κ1) is 25.0. The molecule has 1 aliphatic heterocycles. The molecule has 0 saturated carbocycles. The zero-order chi connectivity index (χ0) is 24.6. The Bertz CT molecular complexity index is 1160. The van der Waals surface area contributed by atoms with E-state index in [9.17, 15) is 18.7 Å². The predicted octanol–water partition coefficient (Wildman–Crippen LogP) is 5.76. The van der Waals surface area contributed by atoms with Crippen LogP contribution in [0.25, 0.3) is 0 Å². The van der Waals surface area contributed by atoms with Crippen LogP contribution in [0.1, 0.15) is 18.6 Å². The van der Waals surface area contributed by atoms with Crippen molar-refractivity contribution in [3.63, 3.8) is 0 Å². The lowest BCUT2D eigenvalue weighted by molar-refractivity contribution is -0.141. The van der Waals surface area contributed by atoms with Gasteiger partial charge < -0.3 is 14.9 Å². The number of hydrogen-bond donors (Lipinski definition) is 1. The van der Waals surface area contributed by atoms with Crippen molar-refractivity contribution in [1.29, 1.82) is 0 Å². The standard InChI is InChI=1S/C25H23Cl3F2N2O2/c1-14-11-15(5-7-18(14)27)22-13-31(9-10-32(22)21-8-6-16(26)12-19(21)28)25(34)24(33)17-3-2-4-20(29)23(17)30/h2-8,11-12,14,18,22,24,33H,9-10,13H2,1H3/t14?,18?,22-,24?/m0/s1. The highest BCUT2D eigenvalue weighted by Gasteiger charge is 2.36. The lowest BCUT2D eigenvalue weighted by Crippen LogP contribution is -2.56. The average Bonchev–Trinajstić information content (AvgIpc) is 2.81. The van der Waals surface area contributed by atoms with E-state index in [2.05, 4.69) is 11.0 Å². The largest absolute Gasteiger partial charge is 0.378 e. The summed E-state index contributed by atoms with van der Waals surface area (Å²) in [5.41, 5.74) is 1.31. The topological polar surface area (TPSA) is 43.8 Å². The normalized spacial score (nSPS) is 23.6. The minimum Gasteiger partial charge on any atom is -0.378 e. The third kappa shape index (κ3) is 4.96. The molecule has 4 rings (SSSR count). The highest BCUT2D eigenvalue weighted by molar-refractivity contribution is 6.36. The van der Waals surface area contributed by atoms with Crippen molar-refractivity contribution in [2.24, 2.45) is 5.92 Å². The van der Waals surface area contributed by atoms with Crippen molar-refractivity contribution in [1.82, 2.24) is 4.90 Å². The summed E-state index contributed by atoms with van der Waals surface area (Å²) < 4.78 is 27.9. The summed E-state index contributed by atoms with van der Waals surface area (Å²) in [7, 11) is 0. The summed E-state index contributed by atoms with van der Waals surface area (Å²) in [6.45, 7) is 2.87. The van der Waals surface area contributed by atoms with Crippen molar-refractivity contribution in [3.05, 3.63) is 87.4 Å². The molecule has 0 spiro atoms. The van der Waals surface area contributed by atoms with Crippen LogP contribution in [0.3, 0.4) is 0 Å². The minimum atomic E-state index is -1.82. The summed E-state index contributed by atoms with van der Waals surface area (Å²) in [6.07, 6.45) is 4.07. The third-order valence-electron chi connectivity index (χ3n) is 6.24. The summed E-state index contributed by atoms with van der Waals surface area (Å²) in [5, 5.41) is 11.4. The molecular weight excluding hydrogens is 505 g/mol. The quantitative estimate of drug-likeness (QED) is 0.514. The van der Waals surface area contributed by atoms with Crippen LogP contribution >= 0.6 is 34.8 Å². The molecule has 9 heteroatoms. The lowest BCUT2D eigenvalue weighted by Gasteiger charge is -2.45. The molecule has 1 heterocycles. The first-order valence-corrected chi connectivity index (χ1v) is 12.0. The van der Waals surface area contributed by atoms with Gasteiger partial charge in [-0.25, -0.2) is 8.78 Å². The Labute approximate surface area is 212 Å². The molecule has 2 aliphatic rings. The van der Waals surface area contributed by atoms with Crippen LogP contribution < -0.4 is 4.90 Å². The van der Waals surface area contributed by atoms with Gasteiger partial charge in [0.15, 0.2) is 17.7 Å². The van der Waals surface area contributed by atoms with E-state index in [1.54, 1.807) is 12.1 Å². The number of aliphatic hydroxyl groups excluding tert-OH is 1. The van der Waals surface area contributed by atoms with Gasteiger partial charge in [0.2, 0.25) is 0 Å². The molecule has 4 atom stereocenters. The van der Waals surface area contributed by atoms with Gasteiger partial charge >= 0.3 is 0 Å². The van der Waals surface area contributed by atoms with E-state index >= 15 is 0 Å². The number of benzene rings is 2. The van der Waals surface area contributed by atoms with Gasteiger partial charge in [0.05, 0.1) is 22.1 Å². The van der Waals surface area contributed by atoms with Gasteiger partial charge in [0.1, 0.15) is 0 Å². The highest BCUT2D eigenvalue weighted by atomic mass is 35.5. The van der Waals surface area contributed by atoms with E-state index in [0.717, 1.165) is 17.3 Å². The molecule has 180 valence electrons. The molecule has 4 nitrogen and oxygen atoms in total. The summed E-state index contributed by atoms with van der Waals surface area (Å²) in [6, 6.07) is 8.33. The van der Waals surface area contributed by atoms with E-state index in [1.165, 1.54) is 17.0 Å². The van der Waals surface area contributed by atoms with Crippen molar-refractivity contribution in [2.45, 2.75) is 24.4 Å². The Morgan fingerprint density at radius 1 is 1.18 bits per heavy atom. The van der Waals surface area contributed by atoms with E-state index in [-0.39, 0.29) is 36.0 Å². The number of nitrogens with zero attached hydrogens (tertiary/aromatic N) is 2. The Kier molecular flexibility index (Phi) is 7.53. The molecule has 1 fully saturated rings. The number of aliphatic hydroxyl groups is 1. The number of carbonyl (C=O) groups excluding carboxylic acids is 1. The summed E-state index contributed by atoms with van der Waals surface area (Å²) in [5.74, 6) is -2.97. The van der Waals surface area contributed by atoms with Crippen LogP contribution in [0.4, 0.5) is 14.5 Å². The molecule has 0 bridgehead atoms. The molecule has 0 aromatic heterocycles. The number of alkyl halides is 1. The van der Waals surface area contributed by atoms with Gasteiger partial charge in [-0.2, -0.15) is 0 Å². The molecule has 0 radical (unpaired) electrons. The SMILES string of the molecule is CC1C=C([C@@H]2CN(C(=O)C(O)c3cccc(F)c3F)CCN2c2ccc(Cl)cc2Cl)C=CC1Cl. The Hall–Kier alpha value is -2.12. The number of amides is 1. The van der Waals surface area contributed by atoms with Crippen molar-refractivity contribution in [3.8, 4) is 0 Å².